The molecule has 6 heteroatoms. The molecule has 1 aromatic carbocycles. The Morgan fingerprint density at radius 2 is 2.32 bits per heavy atom. The molecule has 25 heavy (non-hydrogen) atoms. The number of nitrogens with zero attached hydrogens (tertiary/aromatic N) is 2. The number of aromatic nitrogens is 2. The van der Waals surface area contributed by atoms with Crippen LogP contribution in [0, 0.1) is 6.92 Å². The van der Waals surface area contributed by atoms with Gasteiger partial charge in [-0.05, 0) is 44.7 Å². The highest BCUT2D eigenvalue weighted by molar-refractivity contribution is 5.94. The number of ether oxygens (including phenoxy) is 1. The summed E-state index contributed by atoms with van der Waals surface area (Å²) in [4.78, 5) is 22.7. The maximum atomic E-state index is 13.0. The number of likely N-dealkylation sites (tertiary alicyclic amines) is 1. The van der Waals surface area contributed by atoms with E-state index in [9.17, 15) is 4.79 Å². The summed E-state index contributed by atoms with van der Waals surface area (Å²) >= 11 is 0. The van der Waals surface area contributed by atoms with Gasteiger partial charge in [-0.2, -0.15) is 0 Å². The molecule has 0 aliphatic carbocycles. The number of carbonyl (C=O) groups excluding carboxylic acids is 1. The van der Waals surface area contributed by atoms with Crippen LogP contribution in [0.25, 0.3) is 11.4 Å². The summed E-state index contributed by atoms with van der Waals surface area (Å²) in [5, 5.41) is 9.05. The molecule has 0 saturated carbocycles. The lowest BCUT2D eigenvalue weighted by atomic mass is 10.1. The molecule has 2 aromatic rings. The average Bonchev–Trinajstić information content (AvgIpc) is 3.26. The summed E-state index contributed by atoms with van der Waals surface area (Å²) in [6, 6.07) is 7.82. The molecule has 3 rings (SSSR count). The minimum absolute atomic E-state index is 0.0247. The van der Waals surface area contributed by atoms with Gasteiger partial charge in [-0.3, -0.25) is 4.79 Å². The van der Waals surface area contributed by atoms with Crippen LogP contribution < -0.4 is 4.74 Å². The van der Waals surface area contributed by atoms with Crippen molar-refractivity contribution in [1.29, 1.82) is 0 Å². The van der Waals surface area contributed by atoms with Gasteiger partial charge in [0.2, 0.25) is 0 Å². The Balaban J connectivity index is 1.83. The van der Waals surface area contributed by atoms with Crippen LogP contribution in [-0.2, 0) is 0 Å². The number of hydrogen-bond donors (Lipinski definition) is 2. The third-order valence-corrected chi connectivity index (χ3v) is 4.76. The molecule has 0 radical (unpaired) electrons. The largest absolute Gasteiger partial charge is 0.497 e. The first-order valence-corrected chi connectivity index (χ1v) is 8.77. The first kappa shape index (κ1) is 17.5. The molecule has 1 aromatic heterocycles. The summed E-state index contributed by atoms with van der Waals surface area (Å²) < 4.78 is 5.26. The summed E-state index contributed by atoms with van der Waals surface area (Å²) in [5.41, 5.74) is 2.14. The van der Waals surface area contributed by atoms with Crippen LogP contribution >= 0.6 is 0 Å². The van der Waals surface area contributed by atoms with E-state index in [4.69, 9.17) is 9.84 Å². The highest BCUT2D eigenvalue weighted by Gasteiger charge is 2.31. The smallest absolute Gasteiger partial charge is 0.274 e. The van der Waals surface area contributed by atoms with Crippen molar-refractivity contribution in [2.24, 2.45) is 0 Å². The molecule has 2 heterocycles. The summed E-state index contributed by atoms with van der Waals surface area (Å²) in [5.74, 6) is 1.40. The monoisotopic (exact) mass is 343 g/mol. The molecule has 1 unspecified atom stereocenters. The van der Waals surface area contributed by atoms with Crippen molar-refractivity contribution in [3.8, 4) is 17.1 Å². The van der Waals surface area contributed by atoms with E-state index in [1.807, 2.05) is 36.1 Å². The zero-order valence-electron chi connectivity index (χ0n) is 14.8. The van der Waals surface area contributed by atoms with Gasteiger partial charge in [-0.25, -0.2) is 4.98 Å². The number of aliphatic hydroxyl groups excluding tert-OH is 1. The average molecular weight is 343 g/mol. The Kier molecular flexibility index (Phi) is 5.38. The maximum absolute atomic E-state index is 13.0. The predicted octanol–water partition coefficient (Wildman–Crippen LogP) is 2.77. The highest BCUT2D eigenvalue weighted by Crippen LogP contribution is 2.26. The van der Waals surface area contributed by atoms with Crippen molar-refractivity contribution in [3.63, 3.8) is 0 Å². The van der Waals surface area contributed by atoms with Crippen molar-refractivity contribution in [1.82, 2.24) is 14.9 Å². The van der Waals surface area contributed by atoms with Gasteiger partial charge >= 0.3 is 0 Å². The van der Waals surface area contributed by atoms with Gasteiger partial charge in [0.25, 0.3) is 5.91 Å². The van der Waals surface area contributed by atoms with Crippen molar-refractivity contribution in [2.45, 2.75) is 38.6 Å². The number of aliphatic hydroxyl groups is 1. The lowest BCUT2D eigenvalue weighted by Gasteiger charge is -2.24. The fraction of sp³-hybridized carbons (Fsp3) is 0.474. The number of imidazole rings is 1. The number of benzene rings is 1. The third-order valence-electron chi connectivity index (χ3n) is 4.76. The predicted molar refractivity (Wildman–Crippen MR) is 95.7 cm³/mol. The molecule has 1 saturated heterocycles. The van der Waals surface area contributed by atoms with Crippen LogP contribution in [0.15, 0.2) is 24.3 Å². The minimum Gasteiger partial charge on any atom is -0.497 e. The minimum atomic E-state index is -0.0247. The van der Waals surface area contributed by atoms with E-state index in [1.165, 1.54) is 0 Å². The number of nitrogens with one attached hydrogen (secondary N) is 1. The van der Waals surface area contributed by atoms with Crippen molar-refractivity contribution in [3.05, 3.63) is 35.7 Å². The van der Waals surface area contributed by atoms with Gasteiger partial charge in [0.15, 0.2) is 0 Å². The number of aryl methyl sites for hydroxylation is 1. The first-order chi connectivity index (χ1) is 12.1. The zero-order chi connectivity index (χ0) is 17.8. The summed E-state index contributed by atoms with van der Waals surface area (Å²) in [6.45, 7) is 2.80. The van der Waals surface area contributed by atoms with E-state index in [-0.39, 0.29) is 18.6 Å². The van der Waals surface area contributed by atoms with Gasteiger partial charge < -0.3 is 19.7 Å². The van der Waals surface area contributed by atoms with Crippen LogP contribution in [0.4, 0.5) is 0 Å². The lowest BCUT2D eigenvalue weighted by Crippen LogP contribution is -2.36. The number of H-pyrrole nitrogens is 1. The molecule has 2 N–H and O–H groups in total. The van der Waals surface area contributed by atoms with Crippen LogP contribution in [0.2, 0.25) is 0 Å². The number of aromatic amines is 1. The Labute approximate surface area is 147 Å². The van der Waals surface area contributed by atoms with Crippen molar-refractivity contribution in [2.75, 3.05) is 20.3 Å². The Morgan fingerprint density at radius 1 is 1.48 bits per heavy atom. The molecule has 1 amide bonds. The van der Waals surface area contributed by atoms with E-state index < -0.39 is 0 Å². The summed E-state index contributed by atoms with van der Waals surface area (Å²) in [6.07, 6.45) is 3.57. The number of rotatable bonds is 6. The van der Waals surface area contributed by atoms with E-state index in [0.29, 0.717) is 11.5 Å². The fourth-order valence-electron chi connectivity index (χ4n) is 3.44. The van der Waals surface area contributed by atoms with E-state index in [2.05, 4.69) is 9.97 Å². The van der Waals surface area contributed by atoms with Crippen LogP contribution in [0.1, 0.15) is 41.9 Å². The van der Waals surface area contributed by atoms with E-state index in [1.54, 1.807) is 7.11 Å². The molecular formula is C19H25N3O3. The molecule has 1 aliphatic rings. The standard InChI is InChI=1S/C19H25N3O3/c1-13-17(19(24)22-10-4-7-15(22)8-5-11-23)21-18(20-13)14-6-3-9-16(12-14)25-2/h3,6,9,12,15,23H,4-5,7-8,10-11H2,1-2H3,(H,20,21). The van der Waals surface area contributed by atoms with Gasteiger partial charge in [0.1, 0.15) is 17.3 Å². The number of amides is 1. The Morgan fingerprint density at radius 3 is 3.08 bits per heavy atom. The molecule has 1 atom stereocenters. The second-order valence-corrected chi connectivity index (χ2v) is 6.45. The fourth-order valence-corrected chi connectivity index (χ4v) is 3.44. The van der Waals surface area contributed by atoms with Crippen LogP contribution in [-0.4, -0.2) is 52.2 Å². The van der Waals surface area contributed by atoms with Crippen molar-refractivity contribution < 1.29 is 14.6 Å². The Hall–Kier alpha value is -2.34. The molecule has 0 spiro atoms. The van der Waals surface area contributed by atoms with E-state index in [0.717, 1.165) is 49.2 Å². The number of methoxy groups -OCH3 is 1. The van der Waals surface area contributed by atoms with Crippen LogP contribution in [0.3, 0.4) is 0 Å². The Bertz CT molecular complexity index is 741. The second kappa shape index (κ2) is 7.70. The highest BCUT2D eigenvalue weighted by atomic mass is 16.5. The molecule has 134 valence electrons. The molecular weight excluding hydrogens is 318 g/mol. The molecule has 1 fully saturated rings. The number of hydrogen-bond acceptors (Lipinski definition) is 4. The topological polar surface area (TPSA) is 78.4 Å². The lowest BCUT2D eigenvalue weighted by molar-refractivity contribution is 0.0718. The van der Waals surface area contributed by atoms with Gasteiger partial charge in [0.05, 0.1) is 7.11 Å². The SMILES string of the molecule is COc1cccc(-c2nc(C(=O)N3CCCC3CCCO)c(C)[nH]2)c1. The van der Waals surface area contributed by atoms with Gasteiger partial charge in [0, 0.05) is 30.5 Å². The third kappa shape index (κ3) is 3.69. The van der Waals surface area contributed by atoms with Gasteiger partial charge in [-0.1, -0.05) is 12.1 Å². The zero-order valence-corrected chi connectivity index (χ0v) is 14.8. The van der Waals surface area contributed by atoms with E-state index >= 15 is 0 Å². The number of carbonyl (C=O) groups is 1. The second-order valence-electron chi connectivity index (χ2n) is 6.45. The molecule has 0 bridgehead atoms. The molecule has 6 nitrogen and oxygen atoms in total. The van der Waals surface area contributed by atoms with Gasteiger partial charge in [-0.15, -0.1) is 0 Å². The van der Waals surface area contributed by atoms with Crippen LogP contribution in [0.5, 0.6) is 5.75 Å². The quantitative estimate of drug-likeness (QED) is 0.845. The molecule has 1 aliphatic heterocycles. The van der Waals surface area contributed by atoms with Crippen molar-refractivity contribution >= 4 is 5.91 Å². The maximum Gasteiger partial charge on any atom is 0.274 e. The first-order valence-electron chi connectivity index (χ1n) is 8.77. The normalized spacial score (nSPS) is 17.1. The summed E-state index contributed by atoms with van der Waals surface area (Å²) in [7, 11) is 1.63.